The molecule has 1 aromatic carbocycles. The number of nitrogens with zero attached hydrogens (tertiary/aromatic N) is 2. The van der Waals surface area contributed by atoms with Gasteiger partial charge < -0.3 is 5.11 Å². The number of aromatic carboxylic acids is 1. The molecular formula is C14H16N2O2. The number of carbonyl (C=O) groups is 1. The van der Waals surface area contributed by atoms with E-state index in [4.69, 9.17) is 5.11 Å². The van der Waals surface area contributed by atoms with Crippen molar-refractivity contribution < 1.29 is 9.90 Å². The molecular weight excluding hydrogens is 228 g/mol. The number of aryl methyl sites for hydroxylation is 2. The van der Waals surface area contributed by atoms with Crippen molar-refractivity contribution >= 4 is 5.97 Å². The second kappa shape index (κ2) is 5.04. The van der Waals surface area contributed by atoms with Gasteiger partial charge in [-0.25, -0.2) is 4.79 Å². The highest BCUT2D eigenvalue weighted by atomic mass is 16.4. The molecule has 0 saturated carbocycles. The summed E-state index contributed by atoms with van der Waals surface area (Å²) in [5.74, 6) is -0.992. The van der Waals surface area contributed by atoms with Crippen molar-refractivity contribution in [2.75, 3.05) is 0 Å². The molecule has 0 unspecified atom stereocenters. The third kappa shape index (κ3) is 2.27. The number of aromatic nitrogens is 2. The zero-order chi connectivity index (χ0) is 13.1. The minimum Gasteiger partial charge on any atom is -0.476 e. The van der Waals surface area contributed by atoms with Gasteiger partial charge in [0.1, 0.15) is 0 Å². The van der Waals surface area contributed by atoms with Crippen molar-refractivity contribution in [3.8, 4) is 11.3 Å². The van der Waals surface area contributed by atoms with Crippen LogP contribution in [0.15, 0.2) is 30.3 Å². The molecule has 0 aliphatic rings. The van der Waals surface area contributed by atoms with E-state index in [0.29, 0.717) is 6.54 Å². The molecule has 0 aliphatic carbocycles. The number of benzene rings is 1. The van der Waals surface area contributed by atoms with Crippen LogP contribution < -0.4 is 0 Å². The first-order valence-electron chi connectivity index (χ1n) is 6.06. The molecule has 18 heavy (non-hydrogen) atoms. The molecule has 0 spiro atoms. The summed E-state index contributed by atoms with van der Waals surface area (Å²) in [6.07, 6.45) is 0.994. The fraction of sp³-hybridized carbons (Fsp3) is 0.286. The number of hydrogen-bond donors (Lipinski definition) is 1. The van der Waals surface area contributed by atoms with Crippen LogP contribution in [-0.4, -0.2) is 20.9 Å². The number of rotatable bonds is 4. The molecule has 0 radical (unpaired) electrons. The second-order valence-electron chi connectivity index (χ2n) is 4.09. The summed E-state index contributed by atoms with van der Waals surface area (Å²) in [7, 11) is 0. The largest absolute Gasteiger partial charge is 0.476 e. The smallest absolute Gasteiger partial charge is 0.356 e. The van der Waals surface area contributed by atoms with Crippen LogP contribution in [0.25, 0.3) is 11.3 Å². The van der Waals surface area contributed by atoms with Gasteiger partial charge in [-0.3, -0.25) is 4.68 Å². The maximum atomic E-state index is 10.9. The lowest BCUT2D eigenvalue weighted by atomic mass is 10.1. The highest BCUT2D eigenvalue weighted by Gasteiger charge is 2.13. The van der Waals surface area contributed by atoms with E-state index in [-0.39, 0.29) is 5.69 Å². The Balaban J connectivity index is 2.44. The molecule has 4 heteroatoms. The third-order valence-corrected chi connectivity index (χ3v) is 2.96. The zero-order valence-electron chi connectivity index (χ0n) is 10.6. The average molecular weight is 244 g/mol. The fourth-order valence-electron chi connectivity index (χ4n) is 1.91. The SMILES string of the molecule is CCc1ccc(-c2cc(C(=O)O)nn2CC)cc1. The Morgan fingerprint density at radius 1 is 1.28 bits per heavy atom. The number of carboxylic acids is 1. The van der Waals surface area contributed by atoms with Gasteiger partial charge in [-0.1, -0.05) is 31.2 Å². The molecule has 0 amide bonds. The molecule has 4 nitrogen and oxygen atoms in total. The fourth-order valence-corrected chi connectivity index (χ4v) is 1.91. The minimum absolute atomic E-state index is 0.0893. The van der Waals surface area contributed by atoms with E-state index in [1.165, 1.54) is 5.56 Å². The van der Waals surface area contributed by atoms with E-state index < -0.39 is 5.97 Å². The van der Waals surface area contributed by atoms with Crippen molar-refractivity contribution in [2.45, 2.75) is 26.8 Å². The van der Waals surface area contributed by atoms with Crippen LogP contribution in [0.3, 0.4) is 0 Å². The summed E-state index contributed by atoms with van der Waals surface area (Å²) in [6, 6.07) is 9.75. The van der Waals surface area contributed by atoms with E-state index in [1.807, 2.05) is 19.1 Å². The Hall–Kier alpha value is -2.10. The van der Waals surface area contributed by atoms with Gasteiger partial charge in [0.2, 0.25) is 0 Å². The Morgan fingerprint density at radius 3 is 2.44 bits per heavy atom. The number of carboxylic acid groups (broad SMARTS) is 1. The van der Waals surface area contributed by atoms with E-state index in [9.17, 15) is 4.79 Å². The molecule has 1 N–H and O–H groups in total. The summed E-state index contributed by atoms with van der Waals surface area (Å²) < 4.78 is 1.71. The highest BCUT2D eigenvalue weighted by Crippen LogP contribution is 2.21. The third-order valence-electron chi connectivity index (χ3n) is 2.96. The Bertz CT molecular complexity index is 556. The van der Waals surface area contributed by atoms with E-state index in [2.05, 4.69) is 24.2 Å². The van der Waals surface area contributed by atoms with Gasteiger partial charge in [-0.05, 0) is 30.5 Å². The van der Waals surface area contributed by atoms with Gasteiger partial charge >= 0.3 is 5.97 Å². The van der Waals surface area contributed by atoms with Gasteiger partial charge in [0, 0.05) is 6.54 Å². The van der Waals surface area contributed by atoms with Crippen molar-refractivity contribution in [1.29, 1.82) is 0 Å². The minimum atomic E-state index is -0.992. The quantitative estimate of drug-likeness (QED) is 0.899. The average Bonchev–Trinajstić information content (AvgIpc) is 2.83. The Kier molecular flexibility index (Phi) is 3.46. The van der Waals surface area contributed by atoms with Gasteiger partial charge in [0.25, 0.3) is 0 Å². The van der Waals surface area contributed by atoms with Crippen LogP contribution in [-0.2, 0) is 13.0 Å². The molecule has 1 heterocycles. The van der Waals surface area contributed by atoms with Crippen molar-refractivity contribution in [3.05, 3.63) is 41.6 Å². The molecule has 0 fully saturated rings. The van der Waals surface area contributed by atoms with Crippen LogP contribution in [0.1, 0.15) is 29.9 Å². The number of hydrogen-bond acceptors (Lipinski definition) is 2. The first-order valence-corrected chi connectivity index (χ1v) is 6.06. The first kappa shape index (κ1) is 12.4. The topological polar surface area (TPSA) is 55.1 Å². The lowest BCUT2D eigenvalue weighted by Crippen LogP contribution is -2.02. The van der Waals surface area contributed by atoms with Crippen LogP contribution in [0.5, 0.6) is 0 Å². The maximum Gasteiger partial charge on any atom is 0.356 e. The van der Waals surface area contributed by atoms with Gasteiger partial charge in [0.15, 0.2) is 5.69 Å². The highest BCUT2D eigenvalue weighted by molar-refractivity contribution is 5.87. The lowest BCUT2D eigenvalue weighted by Gasteiger charge is -2.05. The Morgan fingerprint density at radius 2 is 1.94 bits per heavy atom. The molecule has 2 aromatic rings. The molecule has 94 valence electrons. The normalized spacial score (nSPS) is 10.6. The van der Waals surface area contributed by atoms with Gasteiger partial charge in [-0.2, -0.15) is 5.10 Å². The first-order chi connectivity index (χ1) is 8.65. The zero-order valence-corrected chi connectivity index (χ0v) is 10.6. The van der Waals surface area contributed by atoms with Crippen LogP contribution in [0.4, 0.5) is 0 Å². The van der Waals surface area contributed by atoms with Crippen LogP contribution >= 0.6 is 0 Å². The van der Waals surface area contributed by atoms with Crippen LogP contribution in [0.2, 0.25) is 0 Å². The summed E-state index contributed by atoms with van der Waals surface area (Å²) >= 11 is 0. The monoisotopic (exact) mass is 244 g/mol. The Labute approximate surface area is 106 Å². The summed E-state index contributed by atoms with van der Waals surface area (Å²) in [6.45, 7) is 4.70. The van der Waals surface area contributed by atoms with Crippen molar-refractivity contribution in [3.63, 3.8) is 0 Å². The predicted molar refractivity (Wildman–Crippen MR) is 69.7 cm³/mol. The lowest BCUT2D eigenvalue weighted by molar-refractivity contribution is 0.0689. The second-order valence-corrected chi connectivity index (χ2v) is 4.09. The molecule has 0 aliphatic heterocycles. The van der Waals surface area contributed by atoms with Crippen molar-refractivity contribution in [2.24, 2.45) is 0 Å². The maximum absolute atomic E-state index is 10.9. The van der Waals surface area contributed by atoms with E-state index in [0.717, 1.165) is 17.7 Å². The molecule has 0 saturated heterocycles. The molecule has 0 bridgehead atoms. The molecule has 0 atom stereocenters. The summed E-state index contributed by atoms with van der Waals surface area (Å²) in [5.41, 5.74) is 3.19. The predicted octanol–water partition coefficient (Wildman–Crippen LogP) is 2.83. The van der Waals surface area contributed by atoms with Gasteiger partial charge in [0.05, 0.1) is 5.69 Å². The summed E-state index contributed by atoms with van der Waals surface area (Å²) in [4.78, 5) is 10.9. The van der Waals surface area contributed by atoms with Crippen molar-refractivity contribution in [1.82, 2.24) is 9.78 Å². The standard InChI is InChI=1S/C14H16N2O2/c1-3-10-5-7-11(8-6-10)13-9-12(14(17)18)15-16(13)4-2/h5-9H,3-4H2,1-2H3,(H,17,18). The molecule has 2 rings (SSSR count). The van der Waals surface area contributed by atoms with Crippen LogP contribution in [0, 0.1) is 0 Å². The van der Waals surface area contributed by atoms with E-state index in [1.54, 1.807) is 10.7 Å². The van der Waals surface area contributed by atoms with Gasteiger partial charge in [-0.15, -0.1) is 0 Å². The molecule has 1 aromatic heterocycles. The summed E-state index contributed by atoms with van der Waals surface area (Å²) in [5, 5.41) is 13.0. The van der Waals surface area contributed by atoms with E-state index >= 15 is 0 Å².